The molecule has 1 heterocycles. The molecule has 0 aromatic carbocycles. The van der Waals surface area contributed by atoms with Crippen LogP contribution in [0.2, 0.25) is 0 Å². The second-order valence-corrected chi connectivity index (χ2v) is 6.97. The molecule has 1 aliphatic rings. The Morgan fingerprint density at radius 3 is 2.30 bits per heavy atom. The van der Waals surface area contributed by atoms with Crippen molar-refractivity contribution in [1.82, 2.24) is 5.32 Å². The van der Waals surface area contributed by atoms with Gasteiger partial charge in [0.15, 0.2) is 0 Å². The summed E-state index contributed by atoms with van der Waals surface area (Å²) < 4.78 is 38.0. The predicted molar refractivity (Wildman–Crippen MR) is 76.8 cm³/mol. The highest BCUT2D eigenvalue weighted by Crippen LogP contribution is 2.38. The van der Waals surface area contributed by atoms with Crippen LogP contribution >= 0.6 is 11.3 Å². The van der Waals surface area contributed by atoms with Gasteiger partial charge in [-0.2, -0.15) is 13.2 Å². The summed E-state index contributed by atoms with van der Waals surface area (Å²) in [5, 5.41) is 5.62. The van der Waals surface area contributed by atoms with E-state index < -0.39 is 12.1 Å². The van der Waals surface area contributed by atoms with E-state index in [1.54, 1.807) is 11.3 Å². The molecule has 1 aliphatic carbocycles. The van der Waals surface area contributed by atoms with E-state index in [1.807, 2.05) is 11.4 Å². The molecule has 0 saturated heterocycles. The molecule has 1 nitrogen and oxygen atoms in total. The Morgan fingerprint density at radius 1 is 1.20 bits per heavy atom. The van der Waals surface area contributed by atoms with E-state index in [4.69, 9.17) is 0 Å². The summed E-state index contributed by atoms with van der Waals surface area (Å²) in [7, 11) is 0. The van der Waals surface area contributed by atoms with Gasteiger partial charge < -0.3 is 5.32 Å². The highest BCUT2D eigenvalue weighted by molar-refractivity contribution is 7.10. The number of nitrogens with one attached hydrogen (secondary N) is 1. The molecular weight excluding hydrogens is 283 g/mol. The largest absolute Gasteiger partial charge is 0.391 e. The van der Waals surface area contributed by atoms with Crippen LogP contribution in [0.5, 0.6) is 0 Å². The van der Waals surface area contributed by atoms with E-state index in [2.05, 4.69) is 25.2 Å². The Balaban J connectivity index is 1.91. The lowest BCUT2D eigenvalue weighted by molar-refractivity contribution is -0.182. The smallest absolute Gasteiger partial charge is 0.306 e. The maximum absolute atomic E-state index is 12.7. The third-order valence-electron chi connectivity index (χ3n) is 4.12. The van der Waals surface area contributed by atoms with Crippen LogP contribution in [0.4, 0.5) is 13.2 Å². The molecule has 2 rings (SSSR count). The van der Waals surface area contributed by atoms with E-state index in [-0.39, 0.29) is 24.9 Å². The monoisotopic (exact) mass is 305 g/mol. The minimum absolute atomic E-state index is 0.211. The van der Waals surface area contributed by atoms with E-state index in [0.29, 0.717) is 18.8 Å². The molecule has 5 heteroatoms. The van der Waals surface area contributed by atoms with Crippen LogP contribution in [0, 0.1) is 11.8 Å². The van der Waals surface area contributed by atoms with Crippen LogP contribution in [0.3, 0.4) is 0 Å². The molecule has 0 aliphatic heterocycles. The zero-order valence-corrected chi connectivity index (χ0v) is 12.7. The topological polar surface area (TPSA) is 12.0 Å². The van der Waals surface area contributed by atoms with Crippen molar-refractivity contribution in [3.63, 3.8) is 0 Å². The SMILES string of the molecule is CC(C)C(NC1CCC(C(F)(F)F)CC1)c1cccs1. The highest BCUT2D eigenvalue weighted by Gasteiger charge is 2.41. The second-order valence-electron chi connectivity index (χ2n) is 5.99. The molecule has 1 N–H and O–H groups in total. The summed E-state index contributed by atoms with van der Waals surface area (Å²) in [6, 6.07) is 4.59. The molecule has 1 aromatic rings. The fourth-order valence-corrected chi connectivity index (χ4v) is 3.87. The van der Waals surface area contributed by atoms with Crippen molar-refractivity contribution in [3.05, 3.63) is 22.4 Å². The van der Waals surface area contributed by atoms with Gasteiger partial charge in [0, 0.05) is 17.0 Å². The zero-order chi connectivity index (χ0) is 14.8. The lowest BCUT2D eigenvalue weighted by Crippen LogP contribution is -2.40. The van der Waals surface area contributed by atoms with Crippen molar-refractivity contribution in [1.29, 1.82) is 0 Å². The van der Waals surface area contributed by atoms with Crippen molar-refractivity contribution < 1.29 is 13.2 Å². The first kappa shape index (κ1) is 15.8. The first-order valence-corrected chi connectivity index (χ1v) is 8.12. The van der Waals surface area contributed by atoms with Crippen molar-refractivity contribution >= 4 is 11.3 Å². The van der Waals surface area contributed by atoms with Gasteiger partial charge >= 0.3 is 6.18 Å². The predicted octanol–water partition coefficient (Wildman–Crippen LogP) is 5.16. The van der Waals surface area contributed by atoms with Gasteiger partial charge in [-0.15, -0.1) is 11.3 Å². The van der Waals surface area contributed by atoms with Gasteiger partial charge in [-0.05, 0) is 43.0 Å². The Morgan fingerprint density at radius 2 is 1.85 bits per heavy atom. The molecule has 1 atom stereocenters. The van der Waals surface area contributed by atoms with Crippen LogP contribution in [0.15, 0.2) is 17.5 Å². The number of alkyl halides is 3. The molecule has 0 radical (unpaired) electrons. The zero-order valence-electron chi connectivity index (χ0n) is 11.9. The minimum Gasteiger partial charge on any atom is -0.306 e. The lowest BCUT2D eigenvalue weighted by atomic mass is 9.85. The van der Waals surface area contributed by atoms with E-state index in [0.717, 1.165) is 0 Å². The number of thiophene rings is 1. The maximum Gasteiger partial charge on any atom is 0.391 e. The molecule has 0 amide bonds. The lowest BCUT2D eigenvalue weighted by Gasteiger charge is -2.34. The molecule has 1 saturated carbocycles. The summed E-state index contributed by atoms with van der Waals surface area (Å²) in [5.74, 6) is -0.659. The van der Waals surface area contributed by atoms with Crippen LogP contribution in [0.1, 0.15) is 50.4 Å². The summed E-state index contributed by atoms with van der Waals surface area (Å²) in [5.41, 5.74) is 0. The Labute approximate surface area is 122 Å². The van der Waals surface area contributed by atoms with Crippen LogP contribution in [0.25, 0.3) is 0 Å². The Kier molecular flexibility index (Phi) is 5.13. The van der Waals surface area contributed by atoms with Gasteiger partial charge in [0.1, 0.15) is 0 Å². The first-order chi connectivity index (χ1) is 9.38. The summed E-state index contributed by atoms with van der Waals surface area (Å²) in [4.78, 5) is 1.28. The normalized spacial score (nSPS) is 25.9. The van der Waals surface area contributed by atoms with Crippen LogP contribution in [-0.4, -0.2) is 12.2 Å². The van der Waals surface area contributed by atoms with Gasteiger partial charge in [0.25, 0.3) is 0 Å². The van der Waals surface area contributed by atoms with E-state index in [9.17, 15) is 13.2 Å². The molecule has 1 unspecified atom stereocenters. The van der Waals surface area contributed by atoms with Crippen LogP contribution in [-0.2, 0) is 0 Å². The van der Waals surface area contributed by atoms with Crippen molar-refractivity contribution in [2.75, 3.05) is 0 Å². The number of hydrogen-bond acceptors (Lipinski definition) is 2. The fourth-order valence-electron chi connectivity index (χ4n) is 2.91. The molecule has 0 spiro atoms. The molecule has 114 valence electrons. The van der Waals surface area contributed by atoms with Gasteiger partial charge in [-0.25, -0.2) is 0 Å². The summed E-state index contributed by atoms with van der Waals surface area (Å²) in [6.45, 7) is 4.30. The molecule has 1 aromatic heterocycles. The van der Waals surface area contributed by atoms with Gasteiger partial charge in [-0.3, -0.25) is 0 Å². The average Bonchev–Trinajstić information content (AvgIpc) is 2.88. The third-order valence-corrected chi connectivity index (χ3v) is 5.08. The Bertz CT molecular complexity index is 392. The Hall–Kier alpha value is -0.550. The highest BCUT2D eigenvalue weighted by atomic mass is 32.1. The molecular formula is C15H22F3NS. The quantitative estimate of drug-likeness (QED) is 0.810. The van der Waals surface area contributed by atoms with Gasteiger partial charge in [0.05, 0.1) is 5.92 Å². The van der Waals surface area contributed by atoms with Crippen LogP contribution < -0.4 is 5.32 Å². The second kappa shape index (κ2) is 6.48. The maximum atomic E-state index is 12.7. The van der Waals surface area contributed by atoms with Gasteiger partial charge in [0.2, 0.25) is 0 Å². The molecule has 1 fully saturated rings. The van der Waals surface area contributed by atoms with E-state index >= 15 is 0 Å². The standard InChI is InChI=1S/C15H22F3NS/c1-10(2)14(13-4-3-9-20-13)19-12-7-5-11(6-8-12)15(16,17)18/h3-4,9-12,14,19H,5-8H2,1-2H3. The third kappa shape index (κ3) is 3.98. The van der Waals surface area contributed by atoms with Crippen molar-refractivity contribution in [2.24, 2.45) is 11.8 Å². The van der Waals surface area contributed by atoms with Gasteiger partial charge in [-0.1, -0.05) is 19.9 Å². The summed E-state index contributed by atoms with van der Waals surface area (Å²) >= 11 is 1.71. The minimum atomic E-state index is -4.02. The molecule has 0 bridgehead atoms. The average molecular weight is 305 g/mol. The number of rotatable bonds is 4. The summed E-state index contributed by atoms with van der Waals surface area (Å²) in [6.07, 6.45) is -2.25. The number of hydrogen-bond donors (Lipinski definition) is 1. The van der Waals surface area contributed by atoms with E-state index in [1.165, 1.54) is 4.88 Å². The number of halogens is 3. The van der Waals surface area contributed by atoms with Crippen molar-refractivity contribution in [2.45, 2.75) is 57.8 Å². The fraction of sp³-hybridized carbons (Fsp3) is 0.733. The molecule has 20 heavy (non-hydrogen) atoms. The van der Waals surface area contributed by atoms with Crippen molar-refractivity contribution in [3.8, 4) is 0 Å². The first-order valence-electron chi connectivity index (χ1n) is 7.24.